The minimum atomic E-state index is -0.537. The number of carbonyl (C=O) groups excluding carboxylic acids is 1. The van der Waals surface area contributed by atoms with E-state index in [1.807, 2.05) is 0 Å². The number of hydrogen-bond donors (Lipinski definition) is 0. The van der Waals surface area contributed by atoms with Gasteiger partial charge in [-0.1, -0.05) is 0 Å². The first-order valence-electron chi connectivity index (χ1n) is 5.06. The lowest BCUT2D eigenvalue weighted by molar-refractivity contribution is -0.380. The first-order valence-corrected chi connectivity index (χ1v) is 5.88. The van der Waals surface area contributed by atoms with Gasteiger partial charge in [0, 0.05) is 0 Å². The van der Waals surface area contributed by atoms with E-state index in [1.54, 1.807) is 12.1 Å². The summed E-state index contributed by atoms with van der Waals surface area (Å²) < 4.78 is 9.89. The van der Waals surface area contributed by atoms with Crippen molar-refractivity contribution in [1.82, 2.24) is 4.98 Å². The second-order valence-corrected chi connectivity index (χ2v) is 4.31. The highest BCUT2D eigenvalue weighted by Gasteiger charge is 2.13. The van der Waals surface area contributed by atoms with E-state index in [0.29, 0.717) is 11.3 Å². The van der Waals surface area contributed by atoms with Crippen LogP contribution < -0.4 is 4.74 Å². The van der Waals surface area contributed by atoms with Gasteiger partial charge in [0.15, 0.2) is 0 Å². The molecule has 0 saturated carbocycles. The summed E-state index contributed by atoms with van der Waals surface area (Å²) in [6, 6.07) is 6.17. The van der Waals surface area contributed by atoms with Crippen LogP contribution >= 0.6 is 11.3 Å². The van der Waals surface area contributed by atoms with Crippen LogP contribution in [-0.4, -0.2) is 23.0 Å². The molecule has 0 spiro atoms. The SMILES string of the molecule is COC(=O)c1ccc(Oc2ncc([N+](=O)[O-])s2)cc1. The lowest BCUT2D eigenvalue weighted by Gasteiger charge is -2.02. The Balaban J connectivity index is 2.10. The molecule has 0 aliphatic heterocycles. The van der Waals surface area contributed by atoms with Gasteiger partial charge in [0.05, 0.1) is 17.6 Å². The molecular formula is C11H8N2O5S. The topological polar surface area (TPSA) is 91.6 Å². The van der Waals surface area contributed by atoms with Crippen LogP contribution in [0.25, 0.3) is 0 Å². The van der Waals surface area contributed by atoms with Gasteiger partial charge in [-0.15, -0.1) is 0 Å². The van der Waals surface area contributed by atoms with Crippen LogP contribution in [0.1, 0.15) is 10.4 Å². The number of carbonyl (C=O) groups is 1. The standard InChI is InChI=1S/C11H8N2O5S/c1-17-10(14)7-2-4-8(5-3-7)18-11-12-6-9(19-11)13(15)16/h2-6H,1H3. The molecule has 0 bridgehead atoms. The number of methoxy groups -OCH3 is 1. The Hall–Kier alpha value is -2.48. The van der Waals surface area contributed by atoms with E-state index in [1.165, 1.54) is 19.2 Å². The van der Waals surface area contributed by atoms with Crippen LogP contribution in [0, 0.1) is 10.1 Å². The predicted molar refractivity (Wildman–Crippen MR) is 66.6 cm³/mol. The van der Waals surface area contributed by atoms with Crippen molar-refractivity contribution >= 4 is 22.3 Å². The molecule has 0 aliphatic rings. The van der Waals surface area contributed by atoms with Crippen molar-refractivity contribution in [3.05, 3.63) is 46.1 Å². The van der Waals surface area contributed by atoms with Gasteiger partial charge in [0.25, 0.3) is 5.19 Å². The second kappa shape index (κ2) is 5.44. The highest BCUT2D eigenvalue weighted by atomic mass is 32.1. The Kier molecular flexibility index (Phi) is 3.71. The van der Waals surface area contributed by atoms with Crippen LogP contribution in [-0.2, 0) is 4.74 Å². The largest absolute Gasteiger partial charge is 0.465 e. The second-order valence-electron chi connectivity index (χ2n) is 3.34. The summed E-state index contributed by atoms with van der Waals surface area (Å²) in [7, 11) is 1.29. The first-order chi connectivity index (χ1) is 9.10. The van der Waals surface area contributed by atoms with Gasteiger partial charge in [-0.2, -0.15) is 0 Å². The van der Waals surface area contributed by atoms with Crippen molar-refractivity contribution in [2.45, 2.75) is 0 Å². The number of rotatable bonds is 4. The van der Waals surface area contributed by atoms with Gasteiger partial charge in [-0.25, -0.2) is 9.78 Å². The van der Waals surface area contributed by atoms with Gasteiger partial charge in [-0.3, -0.25) is 10.1 Å². The van der Waals surface area contributed by atoms with Crippen LogP contribution in [0.5, 0.6) is 10.9 Å². The van der Waals surface area contributed by atoms with Crippen molar-refractivity contribution in [3.8, 4) is 10.9 Å². The molecule has 0 aliphatic carbocycles. The van der Waals surface area contributed by atoms with Gasteiger partial charge in [-0.05, 0) is 35.6 Å². The minimum absolute atomic E-state index is 0.0961. The normalized spacial score (nSPS) is 9.95. The van der Waals surface area contributed by atoms with Gasteiger partial charge in [0.1, 0.15) is 11.9 Å². The number of nitrogens with zero attached hydrogens (tertiary/aromatic N) is 2. The molecule has 1 aromatic carbocycles. The van der Waals surface area contributed by atoms with Crippen molar-refractivity contribution in [1.29, 1.82) is 0 Å². The highest BCUT2D eigenvalue weighted by Crippen LogP contribution is 2.30. The summed E-state index contributed by atoms with van der Waals surface area (Å²) in [4.78, 5) is 24.9. The average molecular weight is 280 g/mol. The Morgan fingerprint density at radius 2 is 2.05 bits per heavy atom. The molecule has 1 aromatic heterocycles. The Morgan fingerprint density at radius 3 is 2.58 bits per heavy atom. The smallest absolute Gasteiger partial charge is 0.347 e. The summed E-state index contributed by atoms with van der Waals surface area (Å²) in [5, 5.41) is 10.6. The molecule has 2 aromatic rings. The first kappa shape index (κ1) is 13.0. The molecule has 1 heterocycles. The summed E-state index contributed by atoms with van der Waals surface area (Å²) in [5.74, 6) is -0.0201. The zero-order chi connectivity index (χ0) is 13.8. The quantitative estimate of drug-likeness (QED) is 0.485. The maximum Gasteiger partial charge on any atom is 0.347 e. The maximum atomic E-state index is 11.2. The van der Waals surface area contributed by atoms with Crippen LogP contribution in [0.3, 0.4) is 0 Å². The number of nitro groups is 1. The van der Waals surface area contributed by atoms with Crippen molar-refractivity contribution in [2.75, 3.05) is 7.11 Å². The van der Waals surface area contributed by atoms with E-state index in [9.17, 15) is 14.9 Å². The van der Waals surface area contributed by atoms with Gasteiger partial charge >= 0.3 is 11.0 Å². The van der Waals surface area contributed by atoms with Gasteiger partial charge in [0.2, 0.25) is 0 Å². The molecule has 7 nitrogen and oxygen atoms in total. The Morgan fingerprint density at radius 1 is 1.37 bits per heavy atom. The zero-order valence-corrected chi connectivity index (χ0v) is 10.5. The predicted octanol–water partition coefficient (Wildman–Crippen LogP) is 2.63. The zero-order valence-electron chi connectivity index (χ0n) is 9.73. The molecule has 8 heteroatoms. The molecule has 0 fully saturated rings. The van der Waals surface area contributed by atoms with E-state index in [0.717, 1.165) is 17.5 Å². The fourth-order valence-electron chi connectivity index (χ4n) is 1.26. The molecule has 0 N–H and O–H groups in total. The maximum absolute atomic E-state index is 11.2. The number of hydrogen-bond acceptors (Lipinski definition) is 7. The average Bonchev–Trinajstić information content (AvgIpc) is 2.87. The monoisotopic (exact) mass is 280 g/mol. The number of esters is 1. The summed E-state index contributed by atoms with van der Waals surface area (Å²) in [6.45, 7) is 0. The molecule has 2 rings (SSSR count). The molecule has 0 unspecified atom stereocenters. The summed E-state index contributed by atoms with van der Waals surface area (Å²) in [5.41, 5.74) is 0.389. The number of aromatic nitrogens is 1. The molecule has 0 radical (unpaired) electrons. The molecule has 0 amide bonds. The number of ether oxygens (including phenoxy) is 2. The summed E-state index contributed by atoms with van der Waals surface area (Å²) in [6.07, 6.45) is 1.13. The van der Waals surface area contributed by atoms with Gasteiger partial charge < -0.3 is 9.47 Å². The Bertz CT molecular complexity index is 608. The van der Waals surface area contributed by atoms with E-state index in [-0.39, 0.29) is 10.2 Å². The molecule has 98 valence electrons. The fraction of sp³-hybridized carbons (Fsp3) is 0.0909. The number of benzene rings is 1. The Labute approximate surface area is 111 Å². The number of thiazole rings is 1. The van der Waals surface area contributed by atoms with Crippen molar-refractivity contribution in [2.24, 2.45) is 0 Å². The molecular weight excluding hydrogens is 272 g/mol. The van der Waals surface area contributed by atoms with Crippen LogP contribution in [0.15, 0.2) is 30.5 Å². The molecule has 0 saturated heterocycles. The lowest BCUT2D eigenvalue weighted by Crippen LogP contribution is -2.00. The van der Waals surface area contributed by atoms with Crippen molar-refractivity contribution in [3.63, 3.8) is 0 Å². The van der Waals surface area contributed by atoms with Crippen LogP contribution in [0.2, 0.25) is 0 Å². The third-order valence-corrected chi connectivity index (χ3v) is 2.96. The van der Waals surface area contributed by atoms with E-state index in [2.05, 4.69) is 9.72 Å². The third kappa shape index (κ3) is 3.05. The summed E-state index contributed by atoms with van der Waals surface area (Å²) >= 11 is 0.827. The lowest BCUT2D eigenvalue weighted by atomic mass is 10.2. The van der Waals surface area contributed by atoms with Crippen LogP contribution in [0.4, 0.5) is 5.00 Å². The highest BCUT2D eigenvalue weighted by molar-refractivity contribution is 7.16. The van der Waals surface area contributed by atoms with E-state index in [4.69, 9.17) is 4.74 Å². The fourth-order valence-corrected chi connectivity index (χ4v) is 1.86. The van der Waals surface area contributed by atoms with E-state index < -0.39 is 10.9 Å². The van der Waals surface area contributed by atoms with Crippen molar-refractivity contribution < 1.29 is 19.2 Å². The minimum Gasteiger partial charge on any atom is -0.465 e. The third-order valence-electron chi connectivity index (χ3n) is 2.13. The van der Waals surface area contributed by atoms with E-state index >= 15 is 0 Å². The molecule has 0 atom stereocenters. The molecule has 19 heavy (non-hydrogen) atoms.